The molecule has 0 unspecified atom stereocenters. The van der Waals surface area contributed by atoms with Crippen molar-refractivity contribution in [3.63, 3.8) is 0 Å². The van der Waals surface area contributed by atoms with Gasteiger partial charge in [-0.05, 0) is 110 Å². The molecule has 284 valence electrons. The van der Waals surface area contributed by atoms with Crippen LogP contribution < -0.4 is 4.90 Å². The number of nitriles is 1. The number of hydrogen-bond donors (Lipinski definition) is 0. The minimum Gasteiger partial charge on any atom is -0.310 e. The van der Waals surface area contributed by atoms with Crippen molar-refractivity contribution in [2.24, 2.45) is 0 Å². The average molecular weight is 786 g/mol. The van der Waals surface area contributed by atoms with Crippen LogP contribution >= 0.6 is 0 Å². The van der Waals surface area contributed by atoms with Crippen LogP contribution in [0, 0.1) is 17.9 Å². The van der Waals surface area contributed by atoms with Crippen molar-refractivity contribution in [3.8, 4) is 62.0 Å². The summed E-state index contributed by atoms with van der Waals surface area (Å²) in [4.78, 5) is 16.0. The zero-order valence-electron chi connectivity index (χ0n) is 33.1. The highest BCUT2D eigenvalue weighted by Gasteiger charge is 2.51. The molecule has 3 aliphatic carbocycles. The maximum absolute atomic E-state index is 9.69. The zero-order chi connectivity index (χ0) is 41.1. The van der Waals surface area contributed by atoms with Crippen LogP contribution in [-0.2, 0) is 5.41 Å². The van der Waals surface area contributed by atoms with E-state index >= 15 is 0 Å². The van der Waals surface area contributed by atoms with Gasteiger partial charge in [-0.15, -0.1) is 0 Å². The van der Waals surface area contributed by atoms with Gasteiger partial charge in [-0.2, -0.15) is 5.26 Å². The second kappa shape index (κ2) is 12.7. The zero-order valence-corrected chi connectivity index (χ0v) is 33.1. The molecule has 1 aromatic heterocycles. The summed E-state index contributed by atoms with van der Waals surface area (Å²) in [5.74, 6) is 0. The molecule has 0 atom stereocenters. The van der Waals surface area contributed by atoms with E-state index in [1.807, 2.05) is 0 Å². The van der Waals surface area contributed by atoms with Crippen molar-refractivity contribution in [2.75, 3.05) is 4.90 Å². The van der Waals surface area contributed by atoms with Gasteiger partial charge >= 0.3 is 0 Å². The van der Waals surface area contributed by atoms with Gasteiger partial charge in [-0.3, -0.25) is 0 Å². The molecule has 10 aromatic rings. The topological polar surface area (TPSA) is 57.2 Å². The Labute approximate surface area is 357 Å². The second-order valence-corrected chi connectivity index (χ2v) is 16.2. The monoisotopic (exact) mass is 785 g/mol. The molecular weight excluding hydrogens is 755 g/mol. The van der Waals surface area contributed by atoms with Gasteiger partial charge in [-0.1, -0.05) is 140 Å². The van der Waals surface area contributed by atoms with E-state index in [-0.39, 0.29) is 5.69 Å². The highest BCUT2D eigenvalue weighted by molar-refractivity contribution is 6.18. The van der Waals surface area contributed by atoms with Crippen molar-refractivity contribution in [3.05, 3.63) is 227 Å². The lowest BCUT2D eigenvalue weighted by Crippen LogP contribution is -2.26. The Balaban J connectivity index is 0.945. The molecule has 1 spiro atoms. The lowest BCUT2D eigenvalue weighted by molar-refractivity contribution is 0.793. The van der Waals surface area contributed by atoms with Gasteiger partial charge in [0.05, 0.1) is 46.0 Å². The summed E-state index contributed by atoms with van der Waals surface area (Å²) < 4.78 is 0. The van der Waals surface area contributed by atoms with Crippen molar-refractivity contribution < 1.29 is 0 Å². The number of rotatable bonds is 4. The van der Waals surface area contributed by atoms with Gasteiger partial charge in [-0.25, -0.2) is 14.8 Å². The van der Waals surface area contributed by atoms with Crippen LogP contribution in [0.5, 0.6) is 0 Å². The van der Waals surface area contributed by atoms with Crippen LogP contribution in [0.25, 0.3) is 82.5 Å². The SMILES string of the molecule is [C-]#[N+]c1cc2nc3c(nc2cc1C#N)-c1ccc(-c2ccc(N(c4ccccc4)c4ccc5c(c4)C4(c6ccccc6-c6ccccc64)c4ccccc4-5)cc2)c2cccc-3c12. The molecule has 0 fully saturated rings. The molecule has 0 saturated heterocycles. The Morgan fingerprint density at radius 2 is 0.984 bits per heavy atom. The molecule has 9 aromatic carbocycles. The van der Waals surface area contributed by atoms with Crippen LogP contribution in [-0.4, -0.2) is 9.97 Å². The van der Waals surface area contributed by atoms with E-state index in [9.17, 15) is 5.26 Å². The fraction of sp³-hybridized carbons (Fsp3) is 0.0175. The normalized spacial score (nSPS) is 12.9. The van der Waals surface area contributed by atoms with E-state index < -0.39 is 5.41 Å². The molecule has 0 N–H and O–H groups in total. The summed E-state index contributed by atoms with van der Waals surface area (Å²) in [6.45, 7) is 7.59. The Kier molecular flexibility index (Phi) is 7.00. The standard InChI is InChI=1S/C57H31N5/c1-59-51-32-53-52(30-35(51)33-58)60-56-46-29-28-39(44-17-11-18-45(54(44)46)55(56)61-53)34-22-24-37(25-23-34)62(36-12-3-2-4-13-36)38-26-27-43-42-16-7-10-21-49(42)57(50(43)31-38)47-19-8-5-14-40(47)41-15-6-9-20-48(41)57/h2-32H. The van der Waals surface area contributed by atoms with Crippen molar-refractivity contribution in [2.45, 2.75) is 5.41 Å². The van der Waals surface area contributed by atoms with Gasteiger partial charge < -0.3 is 4.90 Å². The van der Waals surface area contributed by atoms with E-state index in [1.54, 1.807) is 12.1 Å². The van der Waals surface area contributed by atoms with Crippen molar-refractivity contribution in [1.29, 1.82) is 5.26 Å². The highest BCUT2D eigenvalue weighted by Crippen LogP contribution is 2.63. The van der Waals surface area contributed by atoms with Crippen LogP contribution in [0.15, 0.2) is 188 Å². The largest absolute Gasteiger partial charge is 0.310 e. The molecule has 0 saturated carbocycles. The quantitative estimate of drug-likeness (QED) is 0.167. The van der Waals surface area contributed by atoms with Crippen LogP contribution in [0.3, 0.4) is 0 Å². The Morgan fingerprint density at radius 1 is 0.468 bits per heavy atom. The fourth-order valence-corrected chi connectivity index (χ4v) is 10.7. The summed E-state index contributed by atoms with van der Waals surface area (Å²) in [5.41, 5.74) is 20.9. The van der Waals surface area contributed by atoms with Gasteiger partial charge in [0.15, 0.2) is 0 Å². The number of aromatic nitrogens is 2. The number of fused-ring (bicyclic) bond motifs is 14. The molecule has 0 bridgehead atoms. The van der Waals surface area contributed by atoms with Crippen molar-refractivity contribution >= 4 is 44.6 Å². The predicted molar refractivity (Wildman–Crippen MR) is 249 cm³/mol. The first-order valence-electron chi connectivity index (χ1n) is 20.7. The van der Waals surface area contributed by atoms with Gasteiger partial charge in [0, 0.05) is 33.6 Å². The van der Waals surface area contributed by atoms with Gasteiger partial charge in [0.1, 0.15) is 0 Å². The van der Waals surface area contributed by atoms with Crippen LogP contribution in [0.1, 0.15) is 27.8 Å². The molecule has 13 rings (SSSR count). The molecule has 5 heteroatoms. The summed E-state index contributed by atoms with van der Waals surface area (Å²) in [6, 6.07) is 69.7. The molecule has 3 aliphatic rings. The van der Waals surface area contributed by atoms with Gasteiger partial charge in [0.2, 0.25) is 5.69 Å². The molecule has 0 amide bonds. The van der Waals surface area contributed by atoms with Crippen molar-refractivity contribution in [1.82, 2.24) is 9.97 Å². The Hall–Kier alpha value is -8.64. The third-order valence-corrected chi connectivity index (χ3v) is 13.3. The maximum Gasteiger partial charge on any atom is 0.206 e. The van der Waals surface area contributed by atoms with Crippen LogP contribution in [0.2, 0.25) is 0 Å². The van der Waals surface area contributed by atoms with Crippen LogP contribution in [0.4, 0.5) is 22.7 Å². The first-order valence-corrected chi connectivity index (χ1v) is 20.7. The highest BCUT2D eigenvalue weighted by atomic mass is 15.1. The Bertz CT molecular complexity index is 3540. The second-order valence-electron chi connectivity index (χ2n) is 16.2. The lowest BCUT2D eigenvalue weighted by atomic mass is 9.70. The smallest absolute Gasteiger partial charge is 0.206 e. The molecule has 62 heavy (non-hydrogen) atoms. The molecular formula is C57H31N5. The van der Waals surface area contributed by atoms with E-state index in [4.69, 9.17) is 16.5 Å². The number of para-hydroxylation sites is 1. The summed E-state index contributed by atoms with van der Waals surface area (Å²) >= 11 is 0. The summed E-state index contributed by atoms with van der Waals surface area (Å²) in [6.07, 6.45) is 0. The minimum absolute atomic E-state index is 0.288. The van der Waals surface area contributed by atoms with E-state index in [1.165, 1.54) is 44.5 Å². The van der Waals surface area contributed by atoms with E-state index in [2.05, 4.69) is 192 Å². The minimum atomic E-state index is -0.436. The fourth-order valence-electron chi connectivity index (χ4n) is 10.7. The first-order chi connectivity index (χ1) is 30.6. The third kappa shape index (κ3) is 4.49. The summed E-state index contributed by atoms with van der Waals surface area (Å²) in [7, 11) is 0. The van der Waals surface area contributed by atoms with E-state index in [0.29, 0.717) is 16.6 Å². The predicted octanol–water partition coefficient (Wildman–Crippen LogP) is 14.3. The molecule has 1 heterocycles. The Morgan fingerprint density at radius 3 is 1.63 bits per heavy atom. The molecule has 5 nitrogen and oxygen atoms in total. The summed E-state index contributed by atoms with van der Waals surface area (Å²) in [5, 5.41) is 11.9. The maximum atomic E-state index is 9.69. The lowest BCUT2D eigenvalue weighted by Gasteiger charge is -2.32. The first kappa shape index (κ1) is 34.2. The number of nitrogens with zero attached hydrogens (tertiary/aromatic N) is 5. The number of anilines is 3. The molecule has 0 radical (unpaired) electrons. The average Bonchev–Trinajstić information content (AvgIpc) is 3.93. The number of hydrogen-bond acceptors (Lipinski definition) is 4. The third-order valence-electron chi connectivity index (χ3n) is 13.3. The van der Waals surface area contributed by atoms with Gasteiger partial charge in [0.25, 0.3) is 0 Å². The molecule has 0 aliphatic heterocycles. The van der Waals surface area contributed by atoms with E-state index in [0.717, 1.165) is 61.5 Å². The number of benzene rings is 9.